The molecule has 1 nitrogen and oxygen atoms in total. The second-order valence-electron chi connectivity index (χ2n) is 13.9. The van der Waals surface area contributed by atoms with Gasteiger partial charge < -0.3 is 4.90 Å². The molecular formula is C54H53NS. The predicted octanol–water partition coefficient (Wildman–Crippen LogP) is 15.4. The molecule has 5 aromatic carbocycles. The lowest BCUT2D eigenvalue weighted by atomic mass is 9.91. The summed E-state index contributed by atoms with van der Waals surface area (Å²) in [5, 5.41) is 1.33. The van der Waals surface area contributed by atoms with Gasteiger partial charge in [-0.05, 0) is 122 Å². The van der Waals surface area contributed by atoms with Gasteiger partial charge >= 0.3 is 0 Å². The largest absolute Gasteiger partial charge is 0.337 e. The monoisotopic (exact) mass is 747 g/mol. The number of hydrogen-bond donors (Lipinski definition) is 0. The molecule has 0 saturated carbocycles. The molecule has 0 spiro atoms. The van der Waals surface area contributed by atoms with Gasteiger partial charge in [-0.2, -0.15) is 0 Å². The zero-order valence-corrected chi connectivity index (χ0v) is 34.1. The van der Waals surface area contributed by atoms with Gasteiger partial charge in [0.2, 0.25) is 0 Å². The Morgan fingerprint density at radius 3 is 2.12 bits per heavy atom. The van der Waals surface area contributed by atoms with E-state index in [2.05, 4.69) is 221 Å². The van der Waals surface area contributed by atoms with Crippen LogP contribution in [-0.4, -0.2) is 6.54 Å². The fourth-order valence-corrected chi connectivity index (χ4v) is 8.39. The maximum atomic E-state index is 4.11. The van der Waals surface area contributed by atoms with Gasteiger partial charge in [-0.25, -0.2) is 0 Å². The van der Waals surface area contributed by atoms with E-state index >= 15 is 0 Å². The van der Waals surface area contributed by atoms with Gasteiger partial charge in [0.25, 0.3) is 0 Å². The maximum Gasteiger partial charge on any atom is 0.0504 e. The van der Waals surface area contributed by atoms with Gasteiger partial charge in [0.15, 0.2) is 0 Å². The quantitative estimate of drug-likeness (QED) is 0.0704. The maximum absolute atomic E-state index is 4.11. The molecule has 6 rings (SSSR count). The first-order valence-electron chi connectivity index (χ1n) is 19.7. The standard InChI is InChI=1S/C54H53NS/c1-6-10-30-49-52(22-8-3)56-53-32-19-31-51(54(49)53)55(47(9-4)29-18-17-23-42-35-33-41(5)34-36-42)39-20-28-43(21-7-2)46-37-38-48(44-24-13-11-14-25-44)50(40-46)45-26-15-12-16-27-45/h6-16,18-22,24-29,31-38,40H,2,17,23,30,39H2,1,3-5H3/b10-6-,22-8-,28-20-,29-18-,43-21+,47-9+. The predicted molar refractivity (Wildman–Crippen MR) is 249 cm³/mol. The molecule has 0 bridgehead atoms. The highest BCUT2D eigenvalue weighted by Crippen LogP contribution is 2.41. The summed E-state index contributed by atoms with van der Waals surface area (Å²) in [5.74, 6) is 0. The van der Waals surface area contributed by atoms with E-state index in [9.17, 15) is 0 Å². The lowest BCUT2D eigenvalue weighted by Crippen LogP contribution is -2.22. The third-order valence-corrected chi connectivity index (χ3v) is 11.2. The van der Waals surface area contributed by atoms with Gasteiger partial charge in [0, 0.05) is 27.2 Å². The van der Waals surface area contributed by atoms with Crippen molar-refractivity contribution in [3.63, 3.8) is 0 Å². The Labute approximate surface area is 339 Å². The van der Waals surface area contributed by atoms with E-state index in [0.29, 0.717) is 6.54 Å². The smallest absolute Gasteiger partial charge is 0.0504 e. The van der Waals surface area contributed by atoms with Gasteiger partial charge in [0.1, 0.15) is 0 Å². The molecule has 0 aliphatic carbocycles. The van der Waals surface area contributed by atoms with Crippen molar-refractivity contribution in [2.45, 2.75) is 47.0 Å². The number of rotatable bonds is 16. The Morgan fingerprint density at radius 2 is 1.45 bits per heavy atom. The minimum Gasteiger partial charge on any atom is -0.337 e. The van der Waals surface area contributed by atoms with E-state index in [1.165, 1.54) is 65.3 Å². The highest BCUT2D eigenvalue weighted by Gasteiger charge is 2.18. The minimum atomic E-state index is 0.696. The van der Waals surface area contributed by atoms with E-state index in [0.717, 1.165) is 30.4 Å². The number of allylic oxidation sites excluding steroid dienone is 10. The van der Waals surface area contributed by atoms with Crippen molar-refractivity contribution in [1.82, 2.24) is 0 Å². The summed E-state index contributed by atoms with van der Waals surface area (Å²) in [4.78, 5) is 3.80. The zero-order chi connectivity index (χ0) is 39.1. The lowest BCUT2D eigenvalue weighted by Gasteiger charge is -2.26. The molecular weight excluding hydrogens is 695 g/mol. The van der Waals surface area contributed by atoms with Crippen molar-refractivity contribution in [2.24, 2.45) is 0 Å². The molecule has 0 fully saturated rings. The molecule has 0 aliphatic rings. The molecule has 56 heavy (non-hydrogen) atoms. The number of nitrogens with zero attached hydrogens (tertiary/aromatic N) is 1. The fourth-order valence-electron chi connectivity index (χ4n) is 7.16. The zero-order valence-electron chi connectivity index (χ0n) is 33.3. The molecule has 2 heteroatoms. The van der Waals surface area contributed by atoms with Crippen LogP contribution in [0.25, 0.3) is 44.0 Å². The molecule has 0 radical (unpaired) electrons. The number of aryl methyl sites for hydroxylation is 2. The summed E-state index contributed by atoms with van der Waals surface area (Å²) in [6, 6.07) is 43.8. The van der Waals surface area contributed by atoms with Crippen molar-refractivity contribution in [3.8, 4) is 22.3 Å². The summed E-state index contributed by atoms with van der Waals surface area (Å²) in [6.45, 7) is 13.3. The first-order chi connectivity index (χ1) is 27.5. The number of anilines is 1. The van der Waals surface area contributed by atoms with Gasteiger partial charge in [-0.1, -0.05) is 170 Å². The molecule has 0 atom stereocenters. The third kappa shape index (κ3) is 9.82. The highest BCUT2D eigenvalue weighted by atomic mass is 32.1. The molecule has 0 aliphatic heterocycles. The van der Waals surface area contributed by atoms with Crippen LogP contribution in [0.5, 0.6) is 0 Å². The summed E-state index contributed by atoms with van der Waals surface area (Å²) in [7, 11) is 0. The van der Waals surface area contributed by atoms with Crippen LogP contribution in [0.2, 0.25) is 0 Å². The second-order valence-corrected chi connectivity index (χ2v) is 15.0. The average molecular weight is 748 g/mol. The molecule has 0 unspecified atom stereocenters. The summed E-state index contributed by atoms with van der Waals surface area (Å²) >= 11 is 1.88. The van der Waals surface area contributed by atoms with Crippen molar-refractivity contribution in [1.29, 1.82) is 0 Å². The molecule has 0 N–H and O–H groups in total. The van der Waals surface area contributed by atoms with Crippen LogP contribution in [0.1, 0.15) is 54.3 Å². The number of hydrogen-bond acceptors (Lipinski definition) is 2. The summed E-state index contributed by atoms with van der Waals surface area (Å²) in [6.07, 6.45) is 27.2. The Hall–Kier alpha value is -5.96. The van der Waals surface area contributed by atoms with Crippen LogP contribution in [-0.2, 0) is 12.8 Å². The number of benzene rings is 5. The van der Waals surface area contributed by atoms with Crippen LogP contribution < -0.4 is 4.90 Å². The van der Waals surface area contributed by atoms with Crippen LogP contribution in [0.4, 0.5) is 5.69 Å². The Morgan fingerprint density at radius 1 is 0.714 bits per heavy atom. The Bertz CT molecular complexity index is 2400. The first-order valence-corrected chi connectivity index (χ1v) is 20.5. The number of fused-ring (bicyclic) bond motifs is 1. The summed E-state index contributed by atoms with van der Waals surface area (Å²) < 4.78 is 1.31. The van der Waals surface area contributed by atoms with Crippen LogP contribution in [0.15, 0.2) is 194 Å². The first kappa shape index (κ1) is 39.7. The van der Waals surface area contributed by atoms with Crippen LogP contribution in [0.3, 0.4) is 0 Å². The molecule has 6 aromatic rings. The van der Waals surface area contributed by atoms with Crippen molar-refractivity contribution in [3.05, 3.63) is 221 Å². The Balaban J connectivity index is 1.39. The SMILES string of the molecule is C=C/C=C(\C=C/CN(C(/C=C\CCc1ccc(C)cc1)=C/C)c1cccc2sc(/C=C\C)c(C/C=C\C)c12)c1ccc(-c2ccccc2)c(-c2ccccc2)c1. The normalized spacial score (nSPS) is 12.6. The molecule has 1 heterocycles. The lowest BCUT2D eigenvalue weighted by molar-refractivity contribution is 0.988. The van der Waals surface area contributed by atoms with E-state index in [1.807, 2.05) is 17.4 Å². The second kappa shape index (κ2) is 20.1. The van der Waals surface area contributed by atoms with Crippen LogP contribution >= 0.6 is 11.3 Å². The molecule has 0 saturated heterocycles. The minimum absolute atomic E-state index is 0.696. The van der Waals surface area contributed by atoms with E-state index in [1.54, 1.807) is 0 Å². The molecule has 1 aromatic heterocycles. The number of thiophene rings is 1. The van der Waals surface area contributed by atoms with E-state index in [-0.39, 0.29) is 0 Å². The van der Waals surface area contributed by atoms with Gasteiger partial charge in [0.05, 0.1) is 5.69 Å². The highest BCUT2D eigenvalue weighted by molar-refractivity contribution is 7.20. The Kier molecular flexibility index (Phi) is 14.3. The van der Waals surface area contributed by atoms with Crippen molar-refractivity contribution in [2.75, 3.05) is 11.4 Å². The third-order valence-electron chi connectivity index (χ3n) is 10.0. The van der Waals surface area contributed by atoms with Gasteiger partial charge in [-0.15, -0.1) is 11.3 Å². The van der Waals surface area contributed by atoms with Gasteiger partial charge in [-0.3, -0.25) is 0 Å². The topological polar surface area (TPSA) is 3.24 Å². The van der Waals surface area contributed by atoms with Crippen LogP contribution in [0, 0.1) is 6.92 Å². The molecule has 280 valence electrons. The van der Waals surface area contributed by atoms with E-state index in [4.69, 9.17) is 0 Å². The fraction of sp³-hybridized carbons (Fsp3) is 0.148. The summed E-state index contributed by atoms with van der Waals surface area (Å²) in [5.41, 5.74) is 13.5. The molecule has 0 amide bonds. The van der Waals surface area contributed by atoms with E-state index < -0.39 is 0 Å². The average Bonchev–Trinajstić information content (AvgIpc) is 3.60. The van der Waals surface area contributed by atoms with Crippen molar-refractivity contribution >= 4 is 38.8 Å². The van der Waals surface area contributed by atoms with Crippen molar-refractivity contribution < 1.29 is 0 Å².